The van der Waals surface area contributed by atoms with Crippen LogP contribution in [-0.4, -0.2) is 41.1 Å². The highest BCUT2D eigenvalue weighted by Gasteiger charge is 2.30. The fraction of sp³-hybridized carbons (Fsp3) is 0.438. The minimum Gasteiger partial charge on any atom is -0.481 e. The van der Waals surface area contributed by atoms with E-state index in [4.69, 9.17) is 15.1 Å². The second-order valence-electron chi connectivity index (χ2n) is 5.36. The van der Waals surface area contributed by atoms with E-state index in [1.807, 2.05) is 6.07 Å². The molecular formula is C16H18N2O4. The summed E-state index contributed by atoms with van der Waals surface area (Å²) >= 11 is 0. The van der Waals surface area contributed by atoms with Gasteiger partial charge in [-0.2, -0.15) is 5.26 Å². The largest absolute Gasteiger partial charge is 0.481 e. The third-order valence-electron chi connectivity index (χ3n) is 3.71. The van der Waals surface area contributed by atoms with Crippen LogP contribution >= 0.6 is 0 Å². The molecule has 1 aromatic carbocycles. The van der Waals surface area contributed by atoms with Crippen molar-refractivity contribution in [1.29, 1.82) is 5.26 Å². The van der Waals surface area contributed by atoms with Gasteiger partial charge in [-0.3, -0.25) is 9.59 Å². The average Bonchev–Trinajstić information content (AvgIpc) is 2.54. The number of likely N-dealkylation sites (tertiary alicyclic amines) is 1. The molecule has 1 N–H and O–H groups in total. The molecule has 1 aliphatic heterocycles. The first-order valence-corrected chi connectivity index (χ1v) is 7.19. The molecule has 2 atom stereocenters. The Morgan fingerprint density at radius 3 is 2.95 bits per heavy atom. The molecular weight excluding hydrogens is 284 g/mol. The first-order valence-electron chi connectivity index (χ1n) is 7.19. The lowest BCUT2D eigenvalue weighted by atomic mass is 9.98. The number of carbonyl (C=O) groups excluding carboxylic acids is 1. The summed E-state index contributed by atoms with van der Waals surface area (Å²) in [5, 5.41) is 17.9. The van der Waals surface area contributed by atoms with Gasteiger partial charge in [-0.25, -0.2) is 0 Å². The van der Waals surface area contributed by atoms with Crippen molar-refractivity contribution >= 4 is 11.9 Å². The monoisotopic (exact) mass is 302 g/mol. The minimum atomic E-state index is -0.868. The summed E-state index contributed by atoms with van der Waals surface area (Å²) in [6.45, 7) is 2.40. The average molecular weight is 302 g/mol. The van der Waals surface area contributed by atoms with Crippen LogP contribution < -0.4 is 4.74 Å². The molecule has 0 aliphatic carbocycles. The van der Waals surface area contributed by atoms with Gasteiger partial charge in [-0.05, 0) is 38.0 Å². The number of benzene rings is 1. The Hall–Kier alpha value is -2.55. The zero-order valence-electron chi connectivity index (χ0n) is 12.4. The van der Waals surface area contributed by atoms with Crippen LogP contribution in [0.2, 0.25) is 0 Å². The third-order valence-corrected chi connectivity index (χ3v) is 3.71. The topological polar surface area (TPSA) is 90.6 Å². The number of carboxylic acid groups (broad SMARTS) is 1. The third kappa shape index (κ3) is 3.76. The van der Waals surface area contributed by atoms with Gasteiger partial charge in [-0.15, -0.1) is 0 Å². The molecule has 0 bridgehead atoms. The molecule has 0 saturated carbocycles. The number of carbonyl (C=O) groups is 2. The van der Waals surface area contributed by atoms with E-state index in [0.717, 1.165) is 0 Å². The van der Waals surface area contributed by atoms with Crippen LogP contribution in [0.25, 0.3) is 0 Å². The number of nitrogens with zero attached hydrogens (tertiary/aromatic N) is 2. The molecule has 1 heterocycles. The van der Waals surface area contributed by atoms with Crippen LogP contribution in [0.3, 0.4) is 0 Å². The van der Waals surface area contributed by atoms with Crippen LogP contribution in [0.15, 0.2) is 24.3 Å². The summed E-state index contributed by atoms with van der Waals surface area (Å²) < 4.78 is 5.58. The number of hydrogen-bond acceptors (Lipinski definition) is 4. The van der Waals surface area contributed by atoms with Gasteiger partial charge in [0.2, 0.25) is 0 Å². The van der Waals surface area contributed by atoms with E-state index in [0.29, 0.717) is 30.7 Å². The molecule has 116 valence electrons. The maximum atomic E-state index is 12.4. The van der Waals surface area contributed by atoms with Crippen molar-refractivity contribution in [2.24, 2.45) is 5.92 Å². The number of piperidine rings is 1. The number of carboxylic acids is 1. The van der Waals surface area contributed by atoms with E-state index >= 15 is 0 Å². The van der Waals surface area contributed by atoms with E-state index in [2.05, 4.69) is 0 Å². The second-order valence-corrected chi connectivity index (χ2v) is 5.36. The van der Waals surface area contributed by atoms with Crippen molar-refractivity contribution in [3.8, 4) is 11.8 Å². The molecule has 1 amide bonds. The molecule has 1 aromatic rings. The molecule has 1 saturated heterocycles. The molecule has 6 nitrogen and oxygen atoms in total. The molecule has 2 rings (SSSR count). The Labute approximate surface area is 128 Å². The predicted octanol–water partition coefficient (Wildman–Crippen LogP) is 1.65. The number of amides is 1. The fourth-order valence-corrected chi connectivity index (χ4v) is 2.53. The SMILES string of the molecule is C[C@@H](Oc1cccc(C#N)c1)C(=O)N1CCC[C@@H](C(=O)O)C1. The van der Waals surface area contributed by atoms with Crippen LogP contribution in [0.1, 0.15) is 25.3 Å². The number of hydrogen-bond donors (Lipinski definition) is 1. The van der Waals surface area contributed by atoms with Gasteiger partial charge in [0.05, 0.1) is 17.6 Å². The predicted molar refractivity (Wildman–Crippen MR) is 78.2 cm³/mol. The van der Waals surface area contributed by atoms with Gasteiger partial charge in [0.1, 0.15) is 5.75 Å². The van der Waals surface area contributed by atoms with Crippen molar-refractivity contribution in [2.75, 3.05) is 13.1 Å². The summed E-state index contributed by atoms with van der Waals surface area (Å²) in [4.78, 5) is 25.0. The summed E-state index contributed by atoms with van der Waals surface area (Å²) in [6, 6.07) is 8.60. The van der Waals surface area contributed by atoms with Gasteiger partial charge in [0.25, 0.3) is 5.91 Å². The summed E-state index contributed by atoms with van der Waals surface area (Å²) in [5.41, 5.74) is 0.459. The van der Waals surface area contributed by atoms with E-state index < -0.39 is 18.0 Å². The highest BCUT2D eigenvalue weighted by atomic mass is 16.5. The van der Waals surface area contributed by atoms with Gasteiger partial charge in [0.15, 0.2) is 6.10 Å². The molecule has 0 spiro atoms. The maximum Gasteiger partial charge on any atom is 0.308 e. The van der Waals surface area contributed by atoms with E-state index in [-0.39, 0.29) is 12.5 Å². The Morgan fingerprint density at radius 1 is 1.50 bits per heavy atom. The van der Waals surface area contributed by atoms with Crippen molar-refractivity contribution in [1.82, 2.24) is 4.90 Å². The maximum absolute atomic E-state index is 12.4. The quantitative estimate of drug-likeness (QED) is 0.913. The standard InChI is InChI=1S/C16H18N2O4/c1-11(22-14-6-2-4-12(8-14)9-17)15(19)18-7-3-5-13(10-18)16(20)21/h2,4,6,8,11,13H,3,5,7,10H2,1H3,(H,20,21)/t11-,13-/m1/s1. The lowest BCUT2D eigenvalue weighted by Gasteiger charge is -2.32. The van der Waals surface area contributed by atoms with Crippen molar-refractivity contribution in [2.45, 2.75) is 25.9 Å². The normalized spacial score (nSPS) is 19.1. The second kappa shape index (κ2) is 6.94. The summed E-state index contributed by atoms with van der Waals surface area (Å²) in [5.74, 6) is -1.15. The number of aliphatic carboxylic acids is 1. The van der Waals surface area contributed by atoms with Gasteiger partial charge < -0.3 is 14.7 Å². The Balaban J connectivity index is 1.99. The Kier molecular flexibility index (Phi) is 4.99. The number of rotatable bonds is 4. The first kappa shape index (κ1) is 15.8. The molecule has 1 aliphatic rings. The molecule has 0 unspecified atom stereocenters. The molecule has 6 heteroatoms. The lowest BCUT2D eigenvalue weighted by molar-refractivity contribution is -0.147. The fourth-order valence-electron chi connectivity index (χ4n) is 2.53. The lowest BCUT2D eigenvalue weighted by Crippen LogP contribution is -2.47. The van der Waals surface area contributed by atoms with E-state index in [1.165, 1.54) is 0 Å². The molecule has 0 radical (unpaired) electrons. The minimum absolute atomic E-state index is 0.222. The zero-order chi connectivity index (χ0) is 16.1. The van der Waals surface area contributed by atoms with Gasteiger partial charge >= 0.3 is 5.97 Å². The van der Waals surface area contributed by atoms with Gasteiger partial charge in [0, 0.05) is 13.1 Å². The Morgan fingerprint density at radius 2 is 2.27 bits per heavy atom. The van der Waals surface area contributed by atoms with Crippen LogP contribution in [0.4, 0.5) is 0 Å². The number of nitriles is 1. The summed E-state index contributed by atoms with van der Waals surface area (Å²) in [6.07, 6.45) is 0.555. The van der Waals surface area contributed by atoms with Crippen LogP contribution in [0.5, 0.6) is 5.75 Å². The molecule has 0 aromatic heterocycles. The van der Waals surface area contributed by atoms with Crippen LogP contribution in [-0.2, 0) is 9.59 Å². The van der Waals surface area contributed by atoms with Crippen molar-refractivity contribution < 1.29 is 19.4 Å². The smallest absolute Gasteiger partial charge is 0.308 e. The van der Waals surface area contributed by atoms with Crippen molar-refractivity contribution in [3.63, 3.8) is 0 Å². The highest BCUT2D eigenvalue weighted by Crippen LogP contribution is 2.19. The molecule has 22 heavy (non-hydrogen) atoms. The van der Waals surface area contributed by atoms with E-state index in [1.54, 1.807) is 36.1 Å². The molecule has 1 fully saturated rings. The zero-order valence-corrected chi connectivity index (χ0v) is 12.4. The number of ether oxygens (including phenoxy) is 1. The Bertz CT molecular complexity index is 608. The first-order chi connectivity index (χ1) is 10.5. The highest BCUT2D eigenvalue weighted by molar-refractivity contribution is 5.82. The summed E-state index contributed by atoms with van der Waals surface area (Å²) in [7, 11) is 0. The van der Waals surface area contributed by atoms with Crippen molar-refractivity contribution in [3.05, 3.63) is 29.8 Å². The van der Waals surface area contributed by atoms with Crippen LogP contribution in [0, 0.1) is 17.2 Å². The van der Waals surface area contributed by atoms with Gasteiger partial charge in [-0.1, -0.05) is 6.07 Å². The van der Waals surface area contributed by atoms with E-state index in [9.17, 15) is 9.59 Å².